The number of ether oxygens (including phenoxy) is 2. The van der Waals surface area contributed by atoms with Gasteiger partial charge in [0.25, 0.3) is 0 Å². The minimum Gasteiger partial charge on any atom is -0.497 e. The average Bonchev–Trinajstić information content (AvgIpc) is 3.40. The van der Waals surface area contributed by atoms with Crippen molar-refractivity contribution in [2.45, 2.75) is 12.1 Å². The number of hydrogen-bond acceptors (Lipinski definition) is 6. The summed E-state index contributed by atoms with van der Waals surface area (Å²) in [6.45, 7) is 0. The number of rotatable bonds is 5. The fourth-order valence-electron chi connectivity index (χ4n) is 5.84. The number of carbonyl (C=O) groups is 3. The van der Waals surface area contributed by atoms with E-state index in [9.17, 15) is 14.4 Å². The van der Waals surface area contributed by atoms with E-state index in [1.54, 1.807) is 42.5 Å². The maximum absolute atomic E-state index is 14.1. The first-order valence-corrected chi connectivity index (χ1v) is 11.8. The molecule has 3 aliphatic rings. The summed E-state index contributed by atoms with van der Waals surface area (Å²) in [6, 6.07) is 20.5. The molecule has 180 valence electrons. The molecular weight excluding hydrogens is 456 g/mol. The summed E-state index contributed by atoms with van der Waals surface area (Å²) < 4.78 is 10.8. The fourth-order valence-corrected chi connectivity index (χ4v) is 5.84. The Kier molecular flexibility index (Phi) is 5.14. The van der Waals surface area contributed by atoms with E-state index in [2.05, 4.69) is 0 Å². The molecule has 0 N–H and O–H groups in total. The van der Waals surface area contributed by atoms with Crippen LogP contribution in [0.2, 0.25) is 0 Å². The highest BCUT2D eigenvalue weighted by Gasteiger charge is 2.64. The Morgan fingerprint density at radius 3 is 2.31 bits per heavy atom. The van der Waals surface area contributed by atoms with Gasteiger partial charge in [0.05, 0.1) is 37.8 Å². The van der Waals surface area contributed by atoms with Crippen LogP contribution in [0.4, 0.5) is 5.69 Å². The number of benzene rings is 3. The Balaban J connectivity index is 1.51. The number of nitrogens with zero attached hydrogens (tertiary/aromatic N) is 2. The molecule has 7 nitrogen and oxygen atoms in total. The molecule has 0 spiro atoms. The van der Waals surface area contributed by atoms with Gasteiger partial charge < -0.3 is 14.4 Å². The molecule has 3 aromatic carbocycles. The van der Waals surface area contributed by atoms with Crippen LogP contribution in [0.15, 0.2) is 79.0 Å². The van der Waals surface area contributed by atoms with Gasteiger partial charge in [-0.1, -0.05) is 54.6 Å². The molecule has 0 aliphatic carbocycles. The lowest BCUT2D eigenvalue weighted by Gasteiger charge is -2.35. The van der Waals surface area contributed by atoms with Crippen molar-refractivity contribution in [2.24, 2.45) is 11.8 Å². The molecule has 3 aliphatic heterocycles. The Bertz CT molecular complexity index is 1420. The molecule has 0 bridgehead atoms. The number of anilines is 1. The number of fused-ring (bicyclic) bond motifs is 5. The second kappa shape index (κ2) is 8.37. The van der Waals surface area contributed by atoms with Gasteiger partial charge in [0.15, 0.2) is 5.78 Å². The second-order valence-electron chi connectivity index (χ2n) is 9.11. The molecule has 0 aromatic heterocycles. The van der Waals surface area contributed by atoms with Crippen molar-refractivity contribution in [3.8, 4) is 11.5 Å². The lowest BCUT2D eigenvalue weighted by molar-refractivity contribution is -0.123. The van der Waals surface area contributed by atoms with E-state index < -0.39 is 29.8 Å². The van der Waals surface area contributed by atoms with Crippen molar-refractivity contribution in [3.63, 3.8) is 0 Å². The van der Waals surface area contributed by atoms with Crippen LogP contribution in [0.5, 0.6) is 11.5 Å². The van der Waals surface area contributed by atoms with Gasteiger partial charge in [-0.3, -0.25) is 14.4 Å². The quantitative estimate of drug-likeness (QED) is 0.404. The molecule has 6 rings (SSSR count). The third-order valence-electron chi connectivity index (χ3n) is 7.42. The predicted octanol–water partition coefficient (Wildman–Crippen LogP) is 4.10. The first kappa shape index (κ1) is 22.1. The fraction of sp³-hybridized carbons (Fsp3) is 0.207. The molecule has 2 amide bonds. The molecule has 0 unspecified atom stereocenters. The summed E-state index contributed by atoms with van der Waals surface area (Å²) in [5, 5.41) is 0. The van der Waals surface area contributed by atoms with Crippen molar-refractivity contribution in [1.29, 1.82) is 0 Å². The molecule has 2 saturated heterocycles. The summed E-state index contributed by atoms with van der Waals surface area (Å²) in [5.41, 5.74) is 2.73. The summed E-state index contributed by atoms with van der Waals surface area (Å²) in [4.78, 5) is 45.1. The molecule has 0 saturated carbocycles. The van der Waals surface area contributed by atoms with Crippen LogP contribution in [-0.2, 0) is 9.59 Å². The third kappa shape index (κ3) is 3.09. The third-order valence-corrected chi connectivity index (χ3v) is 7.42. The Morgan fingerprint density at radius 2 is 1.56 bits per heavy atom. The smallest absolute Gasteiger partial charge is 0.240 e. The van der Waals surface area contributed by atoms with Crippen molar-refractivity contribution < 1.29 is 23.9 Å². The van der Waals surface area contributed by atoms with Crippen molar-refractivity contribution >= 4 is 29.4 Å². The van der Waals surface area contributed by atoms with Gasteiger partial charge >= 0.3 is 0 Å². The van der Waals surface area contributed by atoms with E-state index in [0.717, 1.165) is 11.1 Å². The van der Waals surface area contributed by atoms with Crippen molar-refractivity contribution in [3.05, 3.63) is 95.7 Å². The summed E-state index contributed by atoms with van der Waals surface area (Å²) in [7, 11) is 3.01. The lowest BCUT2D eigenvalue weighted by Crippen LogP contribution is -2.44. The minimum absolute atomic E-state index is 0.183. The van der Waals surface area contributed by atoms with Crippen LogP contribution in [-0.4, -0.2) is 42.8 Å². The zero-order valence-corrected chi connectivity index (χ0v) is 19.8. The average molecular weight is 481 g/mol. The number of methoxy groups -OCH3 is 2. The van der Waals surface area contributed by atoms with E-state index in [0.29, 0.717) is 22.7 Å². The minimum atomic E-state index is -0.845. The molecule has 36 heavy (non-hydrogen) atoms. The highest BCUT2D eigenvalue weighted by Crippen LogP contribution is 2.54. The van der Waals surface area contributed by atoms with E-state index in [1.165, 1.54) is 19.1 Å². The van der Waals surface area contributed by atoms with Crippen LogP contribution in [0.3, 0.4) is 0 Å². The van der Waals surface area contributed by atoms with Gasteiger partial charge in [-0.05, 0) is 29.3 Å². The SMILES string of the molecule is COc1ccc(OC)c(N2C(=O)[C@@H]3[C@H](C2=O)[C@H]2c4ccccc4C=CN2[C@@H]3C(=O)c2ccccc2)c1. The van der Waals surface area contributed by atoms with Gasteiger partial charge in [-0.25, -0.2) is 4.90 Å². The Hall–Kier alpha value is -4.39. The molecule has 3 aromatic rings. The topological polar surface area (TPSA) is 76.2 Å². The van der Waals surface area contributed by atoms with E-state index >= 15 is 0 Å². The molecule has 2 fully saturated rings. The van der Waals surface area contributed by atoms with Crippen LogP contribution < -0.4 is 14.4 Å². The highest BCUT2D eigenvalue weighted by molar-refractivity contribution is 6.25. The van der Waals surface area contributed by atoms with Crippen LogP contribution in [0.25, 0.3) is 6.08 Å². The van der Waals surface area contributed by atoms with Crippen LogP contribution >= 0.6 is 0 Å². The summed E-state index contributed by atoms with van der Waals surface area (Å²) in [5.74, 6) is -1.64. The number of hydrogen-bond donors (Lipinski definition) is 0. The maximum atomic E-state index is 14.1. The zero-order valence-electron chi connectivity index (χ0n) is 19.8. The number of imide groups is 1. The summed E-state index contributed by atoms with van der Waals surface area (Å²) >= 11 is 0. The Morgan fingerprint density at radius 1 is 0.833 bits per heavy atom. The van der Waals surface area contributed by atoms with E-state index in [-0.39, 0.29) is 11.7 Å². The zero-order chi connectivity index (χ0) is 25.0. The van der Waals surface area contributed by atoms with Crippen molar-refractivity contribution in [1.82, 2.24) is 4.90 Å². The van der Waals surface area contributed by atoms with Crippen LogP contribution in [0, 0.1) is 11.8 Å². The molecular formula is C29H24N2O5. The van der Waals surface area contributed by atoms with E-state index in [1.807, 2.05) is 47.5 Å². The normalized spacial score (nSPS) is 23.8. The number of carbonyl (C=O) groups excluding carboxylic acids is 3. The van der Waals surface area contributed by atoms with Gasteiger partial charge in [-0.15, -0.1) is 0 Å². The molecule has 0 radical (unpaired) electrons. The summed E-state index contributed by atoms with van der Waals surface area (Å²) in [6.07, 6.45) is 3.80. The van der Waals surface area contributed by atoms with Gasteiger partial charge in [-0.2, -0.15) is 0 Å². The Labute approximate surface area is 208 Å². The molecule has 3 heterocycles. The van der Waals surface area contributed by atoms with Gasteiger partial charge in [0, 0.05) is 17.8 Å². The van der Waals surface area contributed by atoms with E-state index in [4.69, 9.17) is 9.47 Å². The first-order chi connectivity index (χ1) is 17.5. The molecule has 4 atom stereocenters. The largest absolute Gasteiger partial charge is 0.497 e. The lowest BCUT2D eigenvalue weighted by atomic mass is 9.83. The monoisotopic (exact) mass is 480 g/mol. The standard InChI is InChI=1S/C29H24N2O5/c1-35-19-12-13-22(36-2)21(16-19)31-28(33)23-24(29(31)34)26(27(32)18-9-4-3-5-10-18)30-15-14-17-8-6-7-11-20(17)25(23)30/h3-16,23-26H,1-2H3/t23-,24+,25+,26-/m0/s1. The maximum Gasteiger partial charge on any atom is 0.240 e. The van der Waals surface area contributed by atoms with Crippen molar-refractivity contribution in [2.75, 3.05) is 19.1 Å². The number of amides is 2. The van der Waals surface area contributed by atoms with Gasteiger partial charge in [0.2, 0.25) is 11.8 Å². The molecule has 7 heteroatoms. The predicted molar refractivity (Wildman–Crippen MR) is 134 cm³/mol. The number of ketones is 1. The van der Waals surface area contributed by atoms with Gasteiger partial charge in [0.1, 0.15) is 17.5 Å². The highest BCUT2D eigenvalue weighted by atomic mass is 16.5. The first-order valence-electron chi connectivity index (χ1n) is 11.8. The second-order valence-corrected chi connectivity index (χ2v) is 9.11. The van der Waals surface area contributed by atoms with Crippen LogP contribution in [0.1, 0.15) is 27.5 Å². The number of Topliss-reactive ketones (excluding diaryl/α,β-unsaturated/α-hetero) is 1.